The first-order chi connectivity index (χ1) is 8.52. The van der Waals surface area contributed by atoms with Gasteiger partial charge in [0.05, 0.1) is 16.4 Å². The molecule has 1 aliphatic carbocycles. The normalized spacial score (nSPS) is 16.9. The van der Waals surface area contributed by atoms with Gasteiger partial charge in [-0.05, 0) is 25.2 Å². The molecule has 5 heteroatoms. The first-order valence-electron chi connectivity index (χ1n) is 6.50. The lowest BCUT2D eigenvalue weighted by atomic mass is 10.0. The van der Waals surface area contributed by atoms with E-state index in [9.17, 15) is 4.79 Å². The smallest absolute Gasteiger partial charge is 0.140 e. The molecule has 1 heterocycles. The average Bonchev–Trinajstić information content (AvgIpc) is 3.12. The van der Waals surface area contributed by atoms with Crippen LogP contribution in [0.1, 0.15) is 37.6 Å². The molecule has 2 rings (SSSR count). The van der Waals surface area contributed by atoms with Gasteiger partial charge in [0, 0.05) is 25.9 Å². The maximum atomic E-state index is 12.0. The molecule has 1 aromatic heterocycles. The number of carbonyl (C=O) groups excluding carboxylic acids is 1. The topological polar surface area (TPSA) is 60.9 Å². The van der Waals surface area contributed by atoms with Crippen LogP contribution in [0.3, 0.4) is 0 Å². The Kier molecular flexibility index (Phi) is 4.07. The van der Waals surface area contributed by atoms with Crippen LogP contribution in [0.15, 0.2) is 0 Å². The zero-order chi connectivity index (χ0) is 13.3. The summed E-state index contributed by atoms with van der Waals surface area (Å²) < 4.78 is 1.71. The number of aromatic nitrogens is 2. The Bertz CT molecular complexity index is 451. The molecule has 1 saturated carbocycles. The maximum absolute atomic E-state index is 12.0. The third kappa shape index (κ3) is 2.93. The number of hydrogen-bond acceptors (Lipinski definition) is 3. The van der Waals surface area contributed by atoms with Gasteiger partial charge in [0.1, 0.15) is 5.78 Å². The lowest BCUT2D eigenvalue weighted by Gasteiger charge is -2.09. The van der Waals surface area contributed by atoms with E-state index in [-0.39, 0.29) is 11.8 Å². The molecule has 0 amide bonds. The van der Waals surface area contributed by atoms with Crippen LogP contribution in [0.4, 0.5) is 0 Å². The number of nitrogens with two attached hydrogens (primary N) is 1. The Balaban J connectivity index is 1.99. The van der Waals surface area contributed by atoms with Crippen LogP contribution in [0, 0.1) is 5.92 Å². The molecule has 0 bridgehead atoms. The van der Waals surface area contributed by atoms with E-state index in [1.165, 1.54) is 12.8 Å². The highest BCUT2D eigenvalue weighted by Crippen LogP contribution is 2.33. The summed E-state index contributed by atoms with van der Waals surface area (Å²) in [7, 11) is 1.83. The van der Waals surface area contributed by atoms with Crippen molar-refractivity contribution in [3.8, 4) is 0 Å². The number of rotatable bonds is 6. The molecular formula is C13H20ClN3O. The third-order valence-electron chi connectivity index (χ3n) is 3.56. The van der Waals surface area contributed by atoms with E-state index >= 15 is 0 Å². The van der Waals surface area contributed by atoms with Crippen molar-refractivity contribution in [2.75, 3.05) is 0 Å². The summed E-state index contributed by atoms with van der Waals surface area (Å²) in [5.41, 5.74) is 7.63. The molecule has 1 unspecified atom stereocenters. The summed E-state index contributed by atoms with van der Waals surface area (Å²) in [6.45, 7) is 2.00. The third-order valence-corrected chi connectivity index (χ3v) is 3.99. The predicted molar refractivity (Wildman–Crippen MR) is 71.6 cm³/mol. The second kappa shape index (κ2) is 5.41. The van der Waals surface area contributed by atoms with Crippen molar-refractivity contribution < 1.29 is 4.79 Å². The first kappa shape index (κ1) is 13.6. The largest absolute Gasteiger partial charge is 0.327 e. The van der Waals surface area contributed by atoms with E-state index in [4.69, 9.17) is 17.3 Å². The summed E-state index contributed by atoms with van der Waals surface area (Å²) >= 11 is 6.22. The van der Waals surface area contributed by atoms with Crippen LogP contribution in [0.5, 0.6) is 0 Å². The Morgan fingerprint density at radius 1 is 1.61 bits per heavy atom. The molecule has 1 fully saturated rings. The number of ketones is 1. The fourth-order valence-corrected chi connectivity index (χ4v) is 2.59. The first-order valence-corrected chi connectivity index (χ1v) is 6.88. The molecule has 2 N–H and O–H groups in total. The SMILES string of the molecule is CCc1nn(C)c(CC(=O)CC(N)C2CC2)c1Cl. The van der Waals surface area contributed by atoms with Gasteiger partial charge < -0.3 is 5.73 Å². The van der Waals surface area contributed by atoms with E-state index in [1.54, 1.807) is 4.68 Å². The van der Waals surface area contributed by atoms with Crippen LogP contribution in [0.2, 0.25) is 5.02 Å². The lowest BCUT2D eigenvalue weighted by Crippen LogP contribution is -2.27. The van der Waals surface area contributed by atoms with Crippen molar-refractivity contribution in [2.45, 2.75) is 45.1 Å². The monoisotopic (exact) mass is 269 g/mol. The van der Waals surface area contributed by atoms with Gasteiger partial charge in [0.2, 0.25) is 0 Å². The van der Waals surface area contributed by atoms with Crippen LogP contribution in [0.25, 0.3) is 0 Å². The van der Waals surface area contributed by atoms with E-state index in [1.807, 2.05) is 14.0 Å². The van der Waals surface area contributed by atoms with Crippen molar-refractivity contribution in [3.05, 3.63) is 16.4 Å². The van der Waals surface area contributed by atoms with Crippen LogP contribution in [-0.2, 0) is 24.7 Å². The van der Waals surface area contributed by atoms with Crippen molar-refractivity contribution in [1.29, 1.82) is 0 Å². The minimum atomic E-state index is 0.0233. The average molecular weight is 270 g/mol. The Morgan fingerprint density at radius 2 is 2.28 bits per heavy atom. The molecule has 4 nitrogen and oxygen atoms in total. The predicted octanol–water partition coefficient (Wildman–Crippen LogP) is 1.87. The van der Waals surface area contributed by atoms with Gasteiger partial charge in [-0.25, -0.2) is 0 Å². The summed E-state index contributed by atoms with van der Waals surface area (Å²) in [5, 5.41) is 4.94. The number of carbonyl (C=O) groups is 1. The molecule has 0 radical (unpaired) electrons. The van der Waals surface area contributed by atoms with Crippen molar-refractivity contribution in [3.63, 3.8) is 0 Å². The van der Waals surface area contributed by atoms with Crippen molar-refractivity contribution in [2.24, 2.45) is 18.7 Å². The summed E-state index contributed by atoms with van der Waals surface area (Å²) in [6, 6.07) is 0.0233. The number of halogens is 1. The Labute approximate surface area is 112 Å². The van der Waals surface area contributed by atoms with Crippen LogP contribution < -0.4 is 5.73 Å². The highest BCUT2D eigenvalue weighted by atomic mass is 35.5. The fourth-order valence-electron chi connectivity index (χ4n) is 2.22. The van der Waals surface area contributed by atoms with Crippen molar-refractivity contribution in [1.82, 2.24) is 9.78 Å². The zero-order valence-corrected chi connectivity index (χ0v) is 11.7. The summed E-state index contributed by atoms with van der Waals surface area (Å²) in [6.07, 6.45) is 3.90. The molecule has 0 saturated heterocycles. The standard InChI is InChI=1S/C13H20ClN3O/c1-3-11-13(14)12(17(2)16-11)7-9(18)6-10(15)8-4-5-8/h8,10H,3-7,15H2,1-2H3. The number of hydrogen-bond donors (Lipinski definition) is 1. The molecule has 0 spiro atoms. The molecule has 100 valence electrons. The highest BCUT2D eigenvalue weighted by molar-refractivity contribution is 6.32. The molecule has 1 atom stereocenters. The quantitative estimate of drug-likeness (QED) is 0.858. The Morgan fingerprint density at radius 3 is 2.78 bits per heavy atom. The second-order valence-electron chi connectivity index (χ2n) is 5.11. The van der Waals surface area contributed by atoms with E-state index in [0.717, 1.165) is 17.8 Å². The minimum Gasteiger partial charge on any atom is -0.327 e. The van der Waals surface area contributed by atoms with Gasteiger partial charge in [-0.1, -0.05) is 18.5 Å². The Hall–Kier alpha value is -0.870. The summed E-state index contributed by atoms with van der Waals surface area (Å²) in [5.74, 6) is 0.712. The zero-order valence-electron chi connectivity index (χ0n) is 10.9. The molecular weight excluding hydrogens is 250 g/mol. The fraction of sp³-hybridized carbons (Fsp3) is 0.692. The number of aryl methyl sites for hydroxylation is 2. The molecule has 18 heavy (non-hydrogen) atoms. The highest BCUT2D eigenvalue weighted by Gasteiger charge is 2.30. The molecule has 0 aromatic carbocycles. The summed E-state index contributed by atoms with van der Waals surface area (Å²) in [4.78, 5) is 12.0. The second-order valence-corrected chi connectivity index (χ2v) is 5.48. The van der Waals surface area contributed by atoms with E-state index < -0.39 is 0 Å². The van der Waals surface area contributed by atoms with Crippen LogP contribution in [-0.4, -0.2) is 21.6 Å². The molecule has 1 aromatic rings. The number of nitrogens with zero attached hydrogens (tertiary/aromatic N) is 2. The maximum Gasteiger partial charge on any atom is 0.140 e. The van der Waals surface area contributed by atoms with E-state index in [2.05, 4.69) is 5.10 Å². The minimum absolute atomic E-state index is 0.0233. The molecule has 1 aliphatic rings. The van der Waals surface area contributed by atoms with Gasteiger partial charge in [-0.3, -0.25) is 9.48 Å². The van der Waals surface area contributed by atoms with E-state index in [0.29, 0.717) is 23.8 Å². The van der Waals surface area contributed by atoms with Gasteiger partial charge in [0.25, 0.3) is 0 Å². The van der Waals surface area contributed by atoms with Gasteiger partial charge >= 0.3 is 0 Å². The molecule has 0 aliphatic heterocycles. The van der Waals surface area contributed by atoms with Gasteiger partial charge in [-0.2, -0.15) is 5.10 Å². The van der Waals surface area contributed by atoms with Crippen LogP contribution >= 0.6 is 11.6 Å². The lowest BCUT2D eigenvalue weighted by molar-refractivity contribution is -0.118. The van der Waals surface area contributed by atoms with Crippen molar-refractivity contribution >= 4 is 17.4 Å². The van der Waals surface area contributed by atoms with Gasteiger partial charge in [-0.15, -0.1) is 0 Å². The van der Waals surface area contributed by atoms with Gasteiger partial charge in [0.15, 0.2) is 0 Å². The number of Topliss-reactive ketones (excluding diaryl/α,β-unsaturated/α-hetero) is 1.